The van der Waals surface area contributed by atoms with Gasteiger partial charge >= 0.3 is 5.97 Å². The first-order valence-corrected chi connectivity index (χ1v) is 7.71. The number of rotatable bonds is 5. The fraction of sp³-hybridized carbons (Fsp3) is 0.615. The number of hydrogen-bond acceptors (Lipinski definition) is 10. The van der Waals surface area contributed by atoms with E-state index in [1.54, 1.807) is 6.92 Å². The van der Waals surface area contributed by atoms with Gasteiger partial charge in [0, 0.05) is 32.7 Å². The Morgan fingerprint density at radius 1 is 1.29 bits per heavy atom. The summed E-state index contributed by atoms with van der Waals surface area (Å²) in [6.45, 7) is 6.11. The van der Waals surface area contributed by atoms with Crippen LogP contribution in [0.15, 0.2) is 4.63 Å². The molecule has 0 aromatic carbocycles. The van der Waals surface area contributed by atoms with Crippen LogP contribution in [0.5, 0.6) is 0 Å². The first kappa shape index (κ1) is 16.3. The lowest BCUT2D eigenvalue weighted by atomic mass is 10.2. The van der Waals surface area contributed by atoms with E-state index in [2.05, 4.69) is 42.1 Å². The lowest BCUT2D eigenvalue weighted by Gasteiger charge is -2.32. The highest BCUT2D eigenvalue weighted by atomic mass is 16.6. The monoisotopic (exact) mass is 336 g/mol. The van der Waals surface area contributed by atoms with Crippen LogP contribution in [0, 0.1) is 0 Å². The molecule has 0 atom stereocenters. The molecule has 2 aromatic heterocycles. The van der Waals surface area contributed by atoms with Gasteiger partial charge < -0.3 is 15.4 Å². The summed E-state index contributed by atoms with van der Waals surface area (Å²) in [6, 6.07) is 0. The Balaban J connectivity index is 1.92. The molecule has 2 N–H and O–H groups in total. The highest BCUT2D eigenvalue weighted by molar-refractivity contribution is 5.88. The number of esters is 1. The zero-order chi connectivity index (χ0) is 17.1. The molecule has 3 rings (SSSR count). The molecule has 0 spiro atoms. The van der Waals surface area contributed by atoms with Gasteiger partial charge in [-0.2, -0.15) is 4.68 Å². The van der Waals surface area contributed by atoms with Gasteiger partial charge in [0.2, 0.25) is 11.6 Å². The third kappa shape index (κ3) is 3.21. The normalized spacial score (nSPS) is 16.4. The van der Waals surface area contributed by atoms with E-state index in [9.17, 15) is 4.79 Å². The van der Waals surface area contributed by atoms with E-state index in [0.717, 1.165) is 26.2 Å². The van der Waals surface area contributed by atoms with Gasteiger partial charge in [0.05, 0.1) is 12.3 Å². The Hall–Kier alpha value is -2.53. The number of anilines is 1. The van der Waals surface area contributed by atoms with Gasteiger partial charge in [-0.3, -0.25) is 4.90 Å². The topological polar surface area (TPSA) is 128 Å². The third-order valence-electron chi connectivity index (χ3n) is 3.90. The van der Waals surface area contributed by atoms with Crippen LogP contribution in [0.1, 0.15) is 23.1 Å². The molecule has 1 aliphatic rings. The molecule has 3 heterocycles. The number of piperazine rings is 1. The van der Waals surface area contributed by atoms with E-state index in [4.69, 9.17) is 10.5 Å². The van der Waals surface area contributed by atoms with Gasteiger partial charge in [0.1, 0.15) is 0 Å². The first-order chi connectivity index (χ1) is 11.6. The highest BCUT2D eigenvalue weighted by Gasteiger charge is 2.27. The Labute approximate surface area is 138 Å². The predicted molar refractivity (Wildman–Crippen MR) is 82.4 cm³/mol. The number of carbonyl (C=O) groups excluding carboxylic acids is 1. The highest BCUT2D eigenvalue weighted by Crippen LogP contribution is 2.18. The molecule has 24 heavy (non-hydrogen) atoms. The Bertz CT molecular complexity index is 704. The van der Waals surface area contributed by atoms with Crippen LogP contribution in [-0.2, 0) is 11.3 Å². The van der Waals surface area contributed by atoms with Gasteiger partial charge in [-0.15, -0.1) is 5.10 Å². The maximum Gasteiger partial charge on any atom is 0.360 e. The summed E-state index contributed by atoms with van der Waals surface area (Å²) < 4.78 is 11.1. The minimum absolute atomic E-state index is 0.0786. The van der Waals surface area contributed by atoms with E-state index < -0.39 is 5.97 Å². The van der Waals surface area contributed by atoms with Crippen molar-refractivity contribution in [2.75, 3.05) is 45.6 Å². The molecule has 0 amide bonds. The number of aromatic nitrogens is 5. The van der Waals surface area contributed by atoms with E-state index in [0.29, 0.717) is 12.2 Å². The SMILES string of the molecule is CCOC(=O)c1nnn(-c2nonc2N)c1CN1CCN(C)CC1. The Morgan fingerprint density at radius 3 is 2.67 bits per heavy atom. The Kier molecular flexibility index (Phi) is 4.71. The molecule has 0 bridgehead atoms. The summed E-state index contributed by atoms with van der Waals surface area (Å²) >= 11 is 0. The number of ether oxygens (including phenoxy) is 1. The second-order valence-corrected chi connectivity index (χ2v) is 5.57. The number of carbonyl (C=O) groups is 1. The van der Waals surface area contributed by atoms with Crippen molar-refractivity contribution in [2.45, 2.75) is 13.5 Å². The summed E-state index contributed by atoms with van der Waals surface area (Å²) in [5, 5.41) is 15.2. The standard InChI is InChI=1S/C13H20N8O3/c1-3-23-13(22)10-9(8-20-6-4-19(2)5-7-20)21(18-15-10)12-11(14)16-24-17-12/h3-8H2,1-2H3,(H2,14,16). The van der Waals surface area contributed by atoms with Gasteiger partial charge in [-0.25, -0.2) is 9.42 Å². The van der Waals surface area contributed by atoms with E-state index in [-0.39, 0.29) is 23.9 Å². The molecule has 1 saturated heterocycles. The Morgan fingerprint density at radius 2 is 2.04 bits per heavy atom. The molecule has 130 valence electrons. The van der Waals surface area contributed by atoms with Crippen LogP contribution in [0.3, 0.4) is 0 Å². The lowest BCUT2D eigenvalue weighted by Crippen LogP contribution is -2.44. The van der Waals surface area contributed by atoms with Gasteiger partial charge in [0.15, 0.2) is 5.69 Å². The van der Waals surface area contributed by atoms with Crippen LogP contribution in [-0.4, -0.2) is 80.9 Å². The summed E-state index contributed by atoms with van der Waals surface area (Å²) in [7, 11) is 2.08. The van der Waals surface area contributed by atoms with Crippen LogP contribution in [0.2, 0.25) is 0 Å². The largest absolute Gasteiger partial charge is 0.461 e. The van der Waals surface area contributed by atoms with Crippen LogP contribution < -0.4 is 5.73 Å². The van der Waals surface area contributed by atoms with Crippen LogP contribution in [0.25, 0.3) is 5.82 Å². The minimum Gasteiger partial charge on any atom is -0.461 e. The summed E-state index contributed by atoms with van der Waals surface area (Å²) in [5.41, 5.74) is 6.45. The minimum atomic E-state index is -0.525. The van der Waals surface area contributed by atoms with Gasteiger partial charge in [-0.1, -0.05) is 5.21 Å². The molecule has 0 radical (unpaired) electrons. The number of hydrogen-bond donors (Lipinski definition) is 1. The lowest BCUT2D eigenvalue weighted by molar-refractivity contribution is 0.0515. The summed E-state index contributed by atoms with van der Waals surface area (Å²) in [4.78, 5) is 16.6. The summed E-state index contributed by atoms with van der Waals surface area (Å²) in [6.07, 6.45) is 0. The average molecular weight is 336 g/mol. The molecule has 0 unspecified atom stereocenters. The van der Waals surface area contributed by atoms with Crippen LogP contribution >= 0.6 is 0 Å². The van der Waals surface area contributed by atoms with Crippen molar-refractivity contribution in [2.24, 2.45) is 0 Å². The molecule has 11 heteroatoms. The molecule has 1 fully saturated rings. The predicted octanol–water partition coefficient (Wildman–Crippen LogP) is -0.843. The van der Waals surface area contributed by atoms with E-state index in [1.165, 1.54) is 4.68 Å². The molecule has 2 aromatic rings. The molecular weight excluding hydrogens is 316 g/mol. The zero-order valence-electron chi connectivity index (χ0n) is 13.7. The van der Waals surface area contributed by atoms with Crippen molar-refractivity contribution < 1.29 is 14.2 Å². The molecule has 0 saturated carbocycles. The number of nitrogen functional groups attached to an aromatic ring is 1. The van der Waals surface area contributed by atoms with Crippen molar-refractivity contribution in [3.05, 3.63) is 11.4 Å². The third-order valence-corrected chi connectivity index (χ3v) is 3.90. The molecule has 0 aliphatic carbocycles. The van der Waals surface area contributed by atoms with Crippen molar-refractivity contribution in [1.82, 2.24) is 35.1 Å². The second kappa shape index (κ2) is 6.93. The molecular formula is C13H20N8O3. The maximum absolute atomic E-state index is 12.2. The average Bonchev–Trinajstić information content (AvgIpc) is 3.16. The fourth-order valence-corrected chi connectivity index (χ4v) is 2.53. The van der Waals surface area contributed by atoms with Gasteiger partial charge in [-0.05, 0) is 24.3 Å². The molecule has 11 nitrogen and oxygen atoms in total. The van der Waals surface area contributed by atoms with E-state index >= 15 is 0 Å². The zero-order valence-corrected chi connectivity index (χ0v) is 13.7. The van der Waals surface area contributed by atoms with Crippen molar-refractivity contribution >= 4 is 11.8 Å². The van der Waals surface area contributed by atoms with Crippen molar-refractivity contribution in [3.63, 3.8) is 0 Å². The maximum atomic E-state index is 12.2. The van der Waals surface area contributed by atoms with Crippen molar-refractivity contribution in [3.8, 4) is 5.82 Å². The number of nitrogens with two attached hydrogens (primary N) is 1. The number of nitrogens with zero attached hydrogens (tertiary/aromatic N) is 7. The number of likely N-dealkylation sites (N-methyl/N-ethyl adjacent to an activating group) is 1. The molecule has 1 aliphatic heterocycles. The second-order valence-electron chi connectivity index (χ2n) is 5.57. The smallest absolute Gasteiger partial charge is 0.360 e. The van der Waals surface area contributed by atoms with Crippen molar-refractivity contribution in [1.29, 1.82) is 0 Å². The summed E-state index contributed by atoms with van der Waals surface area (Å²) in [5.74, 6) is -0.236. The fourth-order valence-electron chi connectivity index (χ4n) is 2.53. The first-order valence-electron chi connectivity index (χ1n) is 7.71. The van der Waals surface area contributed by atoms with Gasteiger partial charge in [0.25, 0.3) is 0 Å². The van der Waals surface area contributed by atoms with E-state index in [1.807, 2.05) is 0 Å². The quantitative estimate of drug-likeness (QED) is 0.690. The van der Waals surface area contributed by atoms with Crippen LogP contribution in [0.4, 0.5) is 5.82 Å².